The molecular formula is C14H19NO. The number of fused-ring (bicyclic) bond motifs is 1. The summed E-state index contributed by atoms with van der Waals surface area (Å²) in [6, 6.07) is 4.17. The molecule has 1 heterocycles. The maximum Gasteiger partial charge on any atom is 0.195 e. The van der Waals surface area contributed by atoms with Gasteiger partial charge in [-0.15, -0.1) is 0 Å². The fourth-order valence-corrected chi connectivity index (χ4v) is 1.76. The van der Waals surface area contributed by atoms with Gasteiger partial charge in [0, 0.05) is 6.42 Å². The summed E-state index contributed by atoms with van der Waals surface area (Å²) >= 11 is 0. The second-order valence-electron chi connectivity index (χ2n) is 5.75. The molecule has 0 unspecified atom stereocenters. The van der Waals surface area contributed by atoms with Gasteiger partial charge in [0.05, 0.1) is 0 Å². The van der Waals surface area contributed by atoms with Crippen molar-refractivity contribution in [2.45, 2.75) is 41.0 Å². The van der Waals surface area contributed by atoms with Gasteiger partial charge in [0.25, 0.3) is 0 Å². The van der Waals surface area contributed by atoms with Crippen molar-refractivity contribution in [3.63, 3.8) is 0 Å². The van der Waals surface area contributed by atoms with Gasteiger partial charge in [-0.3, -0.25) is 0 Å². The molecule has 86 valence electrons. The van der Waals surface area contributed by atoms with E-state index < -0.39 is 0 Å². The van der Waals surface area contributed by atoms with Crippen molar-refractivity contribution in [1.82, 2.24) is 4.98 Å². The minimum Gasteiger partial charge on any atom is -0.441 e. The first kappa shape index (κ1) is 11.2. The molecular weight excluding hydrogens is 198 g/mol. The zero-order valence-corrected chi connectivity index (χ0v) is 10.7. The molecule has 0 atom stereocenters. The lowest BCUT2D eigenvalue weighted by Crippen LogP contribution is -2.09. The first-order chi connectivity index (χ1) is 7.35. The molecule has 0 N–H and O–H groups in total. The summed E-state index contributed by atoms with van der Waals surface area (Å²) in [4.78, 5) is 4.53. The normalized spacial score (nSPS) is 12.3. The minimum atomic E-state index is 0.213. The van der Waals surface area contributed by atoms with E-state index in [1.165, 1.54) is 11.1 Å². The van der Waals surface area contributed by atoms with Crippen molar-refractivity contribution in [2.24, 2.45) is 5.41 Å². The van der Waals surface area contributed by atoms with E-state index in [0.717, 1.165) is 23.4 Å². The van der Waals surface area contributed by atoms with Gasteiger partial charge in [-0.2, -0.15) is 0 Å². The lowest BCUT2D eigenvalue weighted by Gasteiger charge is -2.14. The molecule has 0 radical (unpaired) electrons. The summed E-state index contributed by atoms with van der Waals surface area (Å²) in [7, 11) is 0. The summed E-state index contributed by atoms with van der Waals surface area (Å²) in [6.45, 7) is 10.8. The predicted octanol–water partition coefficient (Wildman–Crippen LogP) is 4.03. The van der Waals surface area contributed by atoms with Crippen LogP contribution < -0.4 is 0 Å². The third kappa shape index (κ3) is 2.26. The number of hydrogen-bond donors (Lipinski definition) is 0. The fraction of sp³-hybridized carbons (Fsp3) is 0.500. The smallest absolute Gasteiger partial charge is 0.195 e. The summed E-state index contributed by atoms with van der Waals surface area (Å²) in [5.74, 6) is 0.840. The molecule has 1 aromatic carbocycles. The van der Waals surface area contributed by atoms with Crippen molar-refractivity contribution >= 4 is 11.1 Å². The van der Waals surface area contributed by atoms with Crippen molar-refractivity contribution in [2.75, 3.05) is 0 Å². The fourth-order valence-electron chi connectivity index (χ4n) is 1.76. The maximum absolute atomic E-state index is 5.77. The van der Waals surface area contributed by atoms with Gasteiger partial charge in [0.1, 0.15) is 5.52 Å². The Bertz CT molecular complexity index is 478. The Kier molecular flexibility index (Phi) is 2.53. The van der Waals surface area contributed by atoms with Crippen LogP contribution >= 0.6 is 0 Å². The lowest BCUT2D eigenvalue weighted by molar-refractivity contribution is 0.362. The first-order valence-electron chi connectivity index (χ1n) is 5.72. The number of oxazole rings is 1. The van der Waals surface area contributed by atoms with Crippen LogP contribution in [0.5, 0.6) is 0 Å². The van der Waals surface area contributed by atoms with E-state index >= 15 is 0 Å². The van der Waals surface area contributed by atoms with Crippen LogP contribution in [-0.4, -0.2) is 4.98 Å². The molecule has 0 amide bonds. The molecule has 0 aliphatic carbocycles. The van der Waals surface area contributed by atoms with Gasteiger partial charge >= 0.3 is 0 Å². The van der Waals surface area contributed by atoms with Crippen molar-refractivity contribution < 1.29 is 4.42 Å². The van der Waals surface area contributed by atoms with E-state index in [-0.39, 0.29) is 5.41 Å². The molecule has 0 aliphatic rings. The SMILES string of the molecule is Cc1cc2nc(CC(C)(C)C)oc2cc1C. The molecule has 0 spiro atoms. The molecule has 16 heavy (non-hydrogen) atoms. The molecule has 2 aromatic rings. The summed E-state index contributed by atoms with van der Waals surface area (Å²) in [6.07, 6.45) is 0.875. The Labute approximate surface area is 96.7 Å². The molecule has 2 heteroatoms. The van der Waals surface area contributed by atoms with E-state index in [4.69, 9.17) is 4.42 Å². The van der Waals surface area contributed by atoms with Gasteiger partial charge in [-0.05, 0) is 42.5 Å². The van der Waals surface area contributed by atoms with E-state index in [9.17, 15) is 0 Å². The lowest BCUT2D eigenvalue weighted by atomic mass is 9.92. The quantitative estimate of drug-likeness (QED) is 0.720. The molecule has 0 saturated carbocycles. The van der Waals surface area contributed by atoms with Crippen LogP contribution in [-0.2, 0) is 6.42 Å². The van der Waals surface area contributed by atoms with Crippen LogP contribution in [0.25, 0.3) is 11.1 Å². The minimum absolute atomic E-state index is 0.213. The number of benzene rings is 1. The second-order valence-corrected chi connectivity index (χ2v) is 5.75. The zero-order valence-electron chi connectivity index (χ0n) is 10.7. The monoisotopic (exact) mass is 217 g/mol. The van der Waals surface area contributed by atoms with Crippen LogP contribution in [0.2, 0.25) is 0 Å². The Hall–Kier alpha value is -1.31. The van der Waals surface area contributed by atoms with Crippen LogP contribution in [0.3, 0.4) is 0 Å². The Morgan fingerprint density at radius 2 is 1.75 bits per heavy atom. The van der Waals surface area contributed by atoms with E-state index in [1.807, 2.05) is 0 Å². The highest BCUT2D eigenvalue weighted by molar-refractivity contribution is 5.74. The van der Waals surface area contributed by atoms with Gasteiger partial charge in [0.2, 0.25) is 0 Å². The first-order valence-corrected chi connectivity index (χ1v) is 5.72. The van der Waals surface area contributed by atoms with Crippen LogP contribution in [0, 0.1) is 19.3 Å². The van der Waals surface area contributed by atoms with Crippen molar-refractivity contribution in [3.05, 3.63) is 29.2 Å². The molecule has 0 fully saturated rings. The van der Waals surface area contributed by atoms with Crippen LogP contribution in [0.15, 0.2) is 16.5 Å². The van der Waals surface area contributed by atoms with E-state index in [2.05, 4.69) is 51.7 Å². The molecule has 1 aromatic heterocycles. The third-order valence-corrected chi connectivity index (χ3v) is 2.73. The van der Waals surface area contributed by atoms with Crippen molar-refractivity contribution in [3.8, 4) is 0 Å². The summed E-state index contributed by atoms with van der Waals surface area (Å²) < 4.78 is 5.77. The maximum atomic E-state index is 5.77. The topological polar surface area (TPSA) is 26.0 Å². The Balaban J connectivity index is 2.44. The predicted molar refractivity (Wildman–Crippen MR) is 66.6 cm³/mol. The average molecular weight is 217 g/mol. The number of aromatic nitrogens is 1. The molecule has 2 rings (SSSR count). The second kappa shape index (κ2) is 3.62. The van der Waals surface area contributed by atoms with Gasteiger partial charge in [-0.1, -0.05) is 20.8 Å². The Morgan fingerprint density at radius 1 is 1.12 bits per heavy atom. The van der Waals surface area contributed by atoms with Crippen LogP contribution in [0.1, 0.15) is 37.8 Å². The summed E-state index contributed by atoms with van der Waals surface area (Å²) in [5.41, 5.74) is 4.61. The molecule has 0 saturated heterocycles. The number of aryl methyl sites for hydroxylation is 2. The standard InChI is InChI=1S/C14H19NO/c1-9-6-11-12(7-10(9)2)16-13(15-11)8-14(3,4)5/h6-7H,8H2,1-5H3. The number of rotatable bonds is 1. The highest BCUT2D eigenvalue weighted by Crippen LogP contribution is 2.25. The van der Waals surface area contributed by atoms with Crippen molar-refractivity contribution in [1.29, 1.82) is 0 Å². The van der Waals surface area contributed by atoms with Gasteiger partial charge < -0.3 is 4.42 Å². The largest absolute Gasteiger partial charge is 0.441 e. The average Bonchev–Trinajstić information content (AvgIpc) is 2.44. The Morgan fingerprint density at radius 3 is 2.38 bits per heavy atom. The molecule has 0 aliphatic heterocycles. The summed E-state index contributed by atoms with van der Waals surface area (Å²) in [5, 5.41) is 0. The van der Waals surface area contributed by atoms with E-state index in [1.54, 1.807) is 0 Å². The highest BCUT2D eigenvalue weighted by atomic mass is 16.3. The van der Waals surface area contributed by atoms with Gasteiger partial charge in [0.15, 0.2) is 11.5 Å². The van der Waals surface area contributed by atoms with E-state index in [0.29, 0.717) is 0 Å². The van der Waals surface area contributed by atoms with Gasteiger partial charge in [-0.25, -0.2) is 4.98 Å². The zero-order chi connectivity index (χ0) is 11.9. The third-order valence-electron chi connectivity index (χ3n) is 2.73. The highest BCUT2D eigenvalue weighted by Gasteiger charge is 2.16. The molecule has 2 nitrogen and oxygen atoms in total. The number of hydrogen-bond acceptors (Lipinski definition) is 2. The number of nitrogens with zero attached hydrogens (tertiary/aromatic N) is 1. The van der Waals surface area contributed by atoms with Crippen LogP contribution in [0.4, 0.5) is 0 Å². The molecule has 0 bridgehead atoms.